The molecule has 0 aromatic heterocycles. The van der Waals surface area contributed by atoms with Gasteiger partial charge in [0.1, 0.15) is 0 Å². The number of hydrogen-bond donors (Lipinski definition) is 3. The Labute approximate surface area is 134 Å². The summed E-state index contributed by atoms with van der Waals surface area (Å²) in [4.78, 5) is 10.3. The smallest absolute Gasteiger partial charge is 0.303 e. The van der Waals surface area contributed by atoms with Gasteiger partial charge < -0.3 is 15.3 Å². The standard InChI is InChI=1S/C18H32O4/c1-2-3-6-11-16(19)13-9-10-14-17(20)12-7-4-5-8-15-18(21)22/h9-10,13-14,16-17,19-20H,2-8,11-12,15H2,1H3,(H,21,22)/b13-9+,14-10-/t16?,17-/m1/s1. The highest BCUT2D eigenvalue weighted by atomic mass is 16.4. The van der Waals surface area contributed by atoms with Crippen LogP contribution >= 0.6 is 0 Å². The van der Waals surface area contributed by atoms with Crippen molar-refractivity contribution in [2.75, 3.05) is 0 Å². The molecule has 0 saturated heterocycles. The number of allylic oxidation sites excluding steroid dienone is 2. The Morgan fingerprint density at radius 2 is 1.36 bits per heavy atom. The fraction of sp³-hybridized carbons (Fsp3) is 0.722. The second-order valence-electron chi connectivity index (χ2n) is 5.75. The van der Waals surface area contributed by atoms with Gasteiger partial charge in [-0.3, -0.25) is 4.79 Å². The van der Waals surface area contributed by atoms with Crippen molar-refractivity contribution in [1.29, 1.82) is 0 Å². The van der Waals surface area contributed by atoms with Crippen molar-refractivity contribution in [2.45, 2.75) is 83.3 Å². The van der Waals surface area contributed by atoms with E-state index in [1.807, 2.05) is 0 Å². The maximum Gasteiger partial charge on any atom is 0.303 e. The Balaban J connectivity index is 3.60. The van der Waals surface area contributed by atoms with E-state index in [0.717, 1.165) is 44.9 Å². The van der Waals surface area contributed by atoms with Crippen molar-refractivity contribution in [2.24, 2.45) is 0 Å². The van der Waals surface area contributed by atoms with Gasteiger partial charge in [-0.1, -0.05) is 69.8 Å². The van der Waals surface area contributed by atoms with Crippen LogP contribution < -0.4 is 0 Å². The van der Waals surface area contributed by atoms with Crippen LogP contribution in [0.4, 0.5) is 0 Å². The Bertz CT molecular complexity index is 323. The first-order valence-electron chi connectivity index (χ1n) is 8.49. The average Bonchev–Trinajstić information content (AvgIpc) is 2.47. The first-order chi connectivity index (χ1) is 10.6. The van der Waals surface area contributed by atoms with Crippen LogP contribution in [0.1, 0.15) is 71.1 Å². The number of carbonyl (C=O) groups is 1. The number of hydrogen-bond acceptors (Lipinski definition) is 3. The van der Waals surface area contributed by atoms with Crippen molar-refractivity contribution in [3.05, 3.63) is 24.3 Å². The van der Waals surface area contributed by atoms with E-state index in [2.05, 4.69) is 6.92 Å². The zero-order valence-electron chi connectivity index (χ0n) is 13.8. The number of aliphatic hydroxyl groups is 2. The molecule has 0 aliphatic carbocycles. The van der Waals surface area contributed by atoms with Crippen LogP contribution in [0.3, 0.4) is 0 Å². The number of aliphatic hydroxyl groups excluding tert-OH is 2. The molecule has 0 rings (SSSR count). The maximum atomic E-state index is 10.3. The van der Waals surface area contributed by atoms with Crippen molar-refractivity contribution < 1.29 is 20.1 Å². The third-order valence-corrected chi connectivity index (χ3v) is 3.52. The van der Waals surface area contributed by atoms with Gasteiger partial charge in [-0.15, -0.1) is 0 Å². The highest BCUT2D eigenvalue weighted by Crippen LogP contribution is 2.08. The lowest BCUT2D eigenvalue weighted by atomic mass is 10.1. The predicted molar refractivity (Wildman–Crippen MR) is 89.8 cm³/mol. The first-order valence-corrected chi connectivity index (χ1v) is 8.49. The van der Waals surface area contributed by atoms with Gasteiger partial charge >= 0.3 is 5.97 Å². The molecule has 0 radical (unpaired) electrons. The monoisotopic (exact) mass is 312 g/mol. The van der Waals surface area contributed by atoms with Crippen LogP contribution in [0.5, 0.6) is 0 Å². The van der Waals surface area contributed by atoms with E-state index in [0.29, 0.717) is 12.8 Å². The van der Waals surface area contributed by atoms with Crippen LogP contribution in [-0.2, 0) is 4.79 Å². The second-order valence-corrected chi connectivity index (χ2v) is 5.75. The highest BCUT2D eigenvalue weighted by Gasteiger charge is 2.00. The zero-order chi connectivity index (χ0) is 16.6. The quantitative estimate of drug-likeness (QED) is 0.336. The molecule has 1 unspecified atom stereocenters. The van der Waals surface area contributed by atoms with Gasteiger partial charge in [-0.25, -0.2) is 0 Å². The van der Waals surface area contributed by atoms with Crippen LogP contribution in [-0.4, -0.2) is 33.5 Å². The average molecular weight is 312 g/mol. The topological polar surface area (TPSA) is 77.8 Å². The summed E-state index contributed by atoms with van der Waals surface area (Å²) in [6.07, 6.45) is 14.7. The molecule has 0 aliphatic rings. The van der Waals surface area contributed by atoms with Gasteiger partial charge in [0.2, 0.25) is 0 Å². The van der Waals surface area contributed by atoms with E-state index in [1.54, 1.807) is 24.3 Å². The Morgan fingerprint density at radius 1 is 0.864 bits per heavy atom. The second kappa shape index (κ2) is 14.8. The van der Waals surface area contributed by atoms with E-state index in [-0.39, 0.29) is 6.42 Å². The summed E-state index contributed by atoms with van der Waals surface area (Å²) in [5.74, 6) is -0.744. The minimum absolute atomic E-state index is 0.230. The Hall–Kier alpha value is -1.13. The molecule has 0 aromatic rings. The third-order valence-electron chi connectivity index (χ3n) is 3.52. The van der Waals surface area contributed by atoms with Crippen molar-refractivity contribution in [3.63, 3.8) is 0 Å². The van der Waals surface area contributed by atoms with E-state index < -0.39 is 18.2 Å². The van der Waals surface area contributed by atoms with Gasteiger partial charge in [0.15, 0.2) is 0 Å². The largest absolute Gasteiger partial charge is 0.481 e. The molecule has 2 atom stereocenters. The third kappa shape index (κ3) is 15.3. The van der Waals surface area contributed by atoms with Crippen molar-refractivity contribution >= 4 is 5.97 Å². The maximum absolute atomic E-state index is 10.3. The molecular weight excluding hydrogens is 280 g/mol. The zero-order valence-corrected chi connectivity index (χ0v) is 13.8. The fourth-order valence-electron chi connectivity index (χ4n) is 2.16. The molecule has 0 aromatic carbocycles. The van der Waals surface area contributed by atoms with Gasteiger partial charge in [0.25, 0.3) is 0 Å². The normalized spacial score (nSPS) is 14.7. The SMILES string of the molecule is CCCCCC(O)/C=C/C=C\[C@H](O)CCCCCCC(=O)O. The number of unbranched alkanes of at least 4 members (excludes halogenated alkanes) is 5. The summed E-state index contributed by atoms with van der Waals surface area (Å²) >= 11 is 0. The van der Waals surface area contributed by atoms with Crippen LogP contribution in [0.2, 0.25) is 0 Å². The van der Waals surface area contributed by atoms with E-state index >= 15 is 0 Å². The summed E-state index contributed by atoms with van der Waals surface area (Å²) in [5, 5.41) is 27.9. The molecule has 0 aliphatic heterocycles. The highest BCUT2D eigenvalue weighted by molar-refractivity contribution is 5.66. The summed E-state index contributed by atoms with van der Waals surface area (Å²) < 4.78 is 0. The number of rotatable bonds is 14. The molecule has 128 valence electrons. The Morgan fingerprint density at radius 3 is 1.86 bits per heavy atom. The van der Waals surface area contributed by atoms with E-state index in [9.17, 15) is 15.0 Å². The number of carboxylic acid groups (broad SMARTS) is 1. The summed E-state index contributed by atoms with van der Waals surface area (Å²) in [6, 6.07) is 0. The van der Waals surface area contributed by atoms with Crippen molar-refractivity contribution in [1.82, 2.24) is 0 Å². The molecule has 0 saturated carbocycles. The van der Waals surface area contributed by atoms with Crippen molar-refractivity contribution in [3.8, 4) is 0 Å². The molecule has 4 heteroatoms. The minimum atomic E-state index is -0.744. The molecular formula is C18H32O4. The van der Waals surface area contributed by atoms with Gasteiger partial charge in [0.05, 0.1) is 12.2 Å². The van der Waals surface area contributed by atoms with Crippen LogP contribution in [0, 0.1) is 0 Å². The molecule has 4 nitrogen and oxygen atoms in total. The first kappa shape index (κ1) is 20.9. The molecule has 0 amide bonds. The lowest BCUT2D eigenvalue weighted by molar-refractivity contribution is -0.137. The Kier molecular flexibility index (Phi) is 14.0. The lowest BCUT2D eigenvalue weighted by Gasteiger charge is -2.05. The van der Waals surface area contributed by atoms with E-state index in [4.69, 9.17) is 5.11 Å². The van der Waals surface area contributed by atoms with Crippen LogP contribution in [0.25, 0.3) is 0 Å². The summed E-state index contributed by atoms with van der Waals surface area (Å²) in [5.41, 5.74) is 0. The van der Waals surface area contributed by atoms with Gasteiger partial charge in [0, 0.05) is 6.42 Å². The summed E-state index contributed by atoms with van der Waals surface area (Å²) in [6.45, 7) is 2.14. The van der Waals surface area contributed by atoms with Gasteiger partial charge in [-0.05, 0) is 19.3 Å². The molecule has 0 spiro atoms. The summed E-state index contributed by atoms with van der Waals surface area (Å²) in [7, 11) is 0. The minimum Gasteiger partial charge on any atom is -0.481 e. The fourth-order valence-corrected chi connectivity index (χ4v) is 2.16. The molecule has 22 heavy (non-hydrogen) atoms. The van der Waals surface area contributed by atoms with E-state index in [1.165, 1.54) is 0 Å². The predicted octanol–water partition coefficient (Wildman–Crippen LogP) is 3.83. The number of aliphatic carboxylic acids is 1. The molecule has 0 fully saturated rings. The van der Waals surface area contributed by atoms with Crippen LogP contribution in [0.15, 0.2) is 24.3 Å². The molecule has 0 heterocycles. The number of carboxylic acids is 1. The lowest BCUT2D eigenvalue weighted by Crippen LogP contribution is -2.02. The molecule has 3 N–H and O–H groups in total. The van der Waals surface area contributed by atoms with Gasteiger partial charge in [-0.2, -0.15) is 0 Å². The molecule has 0 bridgehead atoms.